The standard InChI is InChI=1S/C22H23N5O2/c28-20(15-27-16-23-22(25-27)18-10-5-2-6-11-18)24-19(17-8-3-1-4-9-17)14-26-13-7-12-21(26)29/h1-6,8-11,16,19H,7,12-15H2,(H,24,28). The van der Waals surface area contributed by atoms with Crippen LogP contribution in [0.4, 0.5) is 0 Å². The molecule has 29 heavy (non-hydrogen) atoms. The predicted octanol–water partition coefficient (Wildman–Crippen LogP) is 2.43. The van der Waals surface area contributed by atoms with E-state index in [1.165, 1.54) is 4.68 Å². The first-order valence-electron chi connectivity index (χ1n) is 9.76. The van der Waals surface area contributed by atoms with E-state index in [-0.39, 0.29) is 24.4 Å². The smallest absolute Gasteiger partial charge is 0.242 e. The average Bonchev–Trinajstić information content (AvgIpc) is 3.38. The molecule has 0 bridgehead atoms. The Morgan fingerprint density at radius 1 is 1.07 bits per heavy atom. The Hall–Kier alpha value is -3.48. The van der Waals surface area contributed by atoms with E-state index in [4.69, 9.17) is 0 Å². The topological polar surface area (TPSA) is 80.1 Å². The molecule has 0 saturated carbocycles. The van der Waals surface area contributed by atoms with Crippen molar-refractivity contribution in [3.63, 3.8) is 0 Å². The summed E-state index contributed by atoms with van der Waals surface area (Å²) in [7, 11) is 0. The summed E-state index contributed by atoms with van der Waals surface area (Å²) < 4.78 is 1.53. The minimum Gasteiger partial charge on any atom is -0.346 e. The Balaban J connectivity index is 1.44. The molecule has 2 aromatic carbocycles. The monoisotopic (exact) mass is 389 g/mol. The van der Waals surface area contributed by atoms with E-state index < -0.39 is 0 Å². The SMILES string of the molecule is O=C(Cn1cnc(-c2ccccc2)n1)NC(CN1CCCC1=O)c1ccccc1. The molecular formula is C22H23N5O2. The summed E-state index contributed by atoms with van der Waals surface area (Å²) in [6, 6.07) is 19.1. The lowest BCUT2D eigenvalue weighted by Crippen LogP contribution is -2.39. The van der Waals surface area contributed by atoms with Crippen LogP contribution < -0.4 is 5.32 Å². The Kier molecular flexibility index (Phi) is 5.65. The fraction of sp³-hybridized carbons (Fsp3) is 0.273. The number of likely N-dealkylation sites (tertiary alicyclic amines) is 1. The molecule has 7 heteroatoms. The number of nitrogens with one attached hydrogen (secondary N) is 1. The normalized spacial score (nSPS) is 14.8. The van der Waals surface area contributed by atoms with Gasteiger partial charge < -0.3 is 10.2 Å². The van der Waals surface area contributed by atoms with Crippen LogP contribution in [0, 0.1) is 0 Å². The first-order valence-corrected chi connectivity index (χ1v) is 9.76. The second kappa shape index (κ2) is 8.68. The maximum absolute atomic E-state index is 12.7. The van der Waals surface area contributed by atoms with Crippen LogP contribution in [0.1, 0.15) is 24.4 Å². The molecule has 0 radical (unpaired) electrons. The minimum absolute atomic E-state index is 0.0666. The van der Waals surface area contributed by atoms with Crippen molar-refractivity contribution in [3.8, 4) is 11.4 Å². The summed E-state index contributed by atoms with van der Waals surface area (Å²) >= 11 is 0. The average molecular weight is 389 g/mol. The maximum Gasteiger partial charge on any atom is 0.242 e. The van der Waals surface area contributed by atoms with Gasteiger partial charge >= 0.3 is 0 Å². The Bertz CT molecular complexity index is 971. The summed E-state index contributed by atoms with van der Waals surface area (Å²) in [4.78, 5) is 30.8. The van der Waals surface area contributed by atoms with Crippen molar-refractivity contribution in [2.24, 2.45) is 0 Å². The molecule has 7 nitrogen and oxygen atoms in total. The lowest BCUT2D eigenvalue weighted by Gasteiger charge is -2.25. The minimum atomic E-state index is -0.261. The van der Waals surface area contributed by atoms with Crippen molar-refractivity contribution < 1.29 is 9.59 Å². The largest absolute Gasteiger partial charge is 0.346 e. The third-order valence-electron chi connectivity index (χ3n) is 4.99. The molecule has 4 rings (SSSR count). The van der Waals surface area contributed by atoms with Crippen molar-refractivity contribution in [3.05, 3.63) is 72.6 Å². The third-order valence-corrected chi connectivity index (χ3v) is 4.99. The fourth-order valence-corrected chi connectivity index (χ4v) is 3.51. The van der Waals surface area contributed by atoms with Gasteiger partial charge in [-0.3, -0.25) is 9.59 Å². The Morgan fingerprint density at radius 2 is 1.79 bits per heavy atom. The summed E-state index contributed by atoms with van der Waals surface area (Å²) in [6.45, 7) is 1.28. The number of aromatic nitrogens is 3. The third kappa shape index (κ3) is 4.68. The van der Waals surface area contributed by atoms with Gasteiger partial charge in [-0.1, -0.05) is 60.7 Å². The number of carbonyl (C=O) groups excluding carboxylic acids is 2. The van der Waals surface area contributed by atoms with Gasteiger partial charge in [0.1, 0.15) is 12.9 Å². The molecule has 1 unspecified atom stereocenters. The van der Waals surface area contributed by atoms with Crippen LogP contribution in [0.25, 0.3) is 11.4 Å². The molecule has 1 aliphatic rings. The number of nitrogens with zero attached hydrogens (tertiary/aromatic N) is 4. The van der Waals surface area contributed by atoms with Crippen LogP contribution in [0.3, 0.4) is 0 Å². The van der Waals surface area contributed by atoms with E-state index in [2.05, 4.69) is 15.4 Å². The van der Waals surface area contributed by atoms with E-state index in [0.29, 0.717) is 18.8 Å². The highest BCUT2D eigenvalue weighted by Crippen LogP contribution is 2.19. The highest BCUT2D eigenvalue weighted by Gasteiger charge is 2.25. The number of hydrogen-bond acceptors (Lipinski definition) is 4. The van der Waals surface area contributed by atoms with E-state index in [9.17, 15) is 9.59 Å². The van der Waals surface area contributed by atoms with Gasteiger partial charge in [0, 0.05) is 25.1 Å². The number of amides is 2. The number of carbonyl (C=O) groups is 2. The van der Waals surface area contributed by atoms with Gasteiger partial charge in [0.25, 0.3) is 0 Å². The number of rotatable bonds is 7. The van der Waals surface area contributed by atoms with Crippen molar-refractivity contribution in [1.82, 2.24) is 25.0 Å². The molecule has 1 N–H and O–H groups in total. The molecule has 0 spiro atoms. The molecule has 1 atom stereocenters. The van der Waals surface area contributed by atoms with Crippen molar-refractivity contribution >= 4 is 11.8 Å². The first kappa shape index (κ1) is 18.9. The van der Waals surface area contributed by atoms with E-state index in [1.54, 1.807) is 6.33 Å². The van der Waals surface area contributed by atoms with Crippen LogP contribution in [-0.2, 0) is 16.1 Å². The predicted molar refractivity (Wildman–Crippen MR) is 109 cm³/mol. The fourth-order valence-electron chi connectivity index (χ4n) is 3.51. The highest BCUT2D eigenvalue weighted by molar-refractivity contribution is 5.79. The molecule has 1 saturated heterocycles. The highest BCUT2D eigenvalue weighted by atomic mass is 16.2. The van der Waals surface area contributed by atoms with E-state index >= 15 is 0 Å². The van der Waals surface area contributed by atoms with Gasteiger partial charge in [0.2, 0.25) is 11.8 Å². The van der Waals surface area contributed by atoms with Gasteiger partial charge in [0.05, 0.1) is 6.04 Å². The first-order chi connectivity index (χ1) is 14.2. The summed E-state index contributed by atoms with van der Waals surface area (Å²) in [5.41, 5.74) is 1.88. The van der Waals surface area contributed by atoms with Crippen LogP contribution in [0.15, 0.2) is 67.0 Å². The molecule has 1 fully saturated rings. The second-order valence-corrected chi connectivity index (χ2v) is 7.11. The van der Waals surface area contributed by atoms with Gasteiger partial charge in [0.15, 0.2) is 5.82 Å². The molecule has 1 aromatic heterocycles. The van der Waals surface area contributed by atoms with Crippen molar-refractivity contribution in [2.75, 3.05) is 13.1 Å². The van der Waals surface area contributed by atoms with Gasteiger partial charge in [-0.25, -0.2) is 9.67 Å². The summed E-state index contributed by atoms with van der Waals surface area (Å²) in [6.07, 6.45) is 3.01. The quantitative estimate of drug-likeness (QED) is 0.673. The Labute approximate surface area is 169 Å². The number of hydrogen-bond donors (Lipinski definition) is 1. The van der Waals surface area contributed by atoms with Crippen molar-refractivity contribution in [2.45, 2.75) is 25.4 Å². The zero-order valence-electron chi connectivity index (χ0n) is 16.1. The maximum atomic E-state index is 12.7. The Morgan fingerprint density at radius 3 is 2.48 bits per heavy atom. The zero-order chi connectivity index (χ0) is 20.1. The lowest BCUT2D eigenvalue weighted by atomic mass is 10.1. The van der Waals surface area contributed by atoms with Crippen molar-refractivity contribution in [1.29, 1.82) is 0 Å². The lowest BCUT2D eigenvalue weighted by molar-refractivity contribution is -0.129. The molecule has 2 heterocycles. The van der Waals surface area contributed by atoms with Gasteiger partial charge in [-0.15, -0.1) is 0 Å². The van der Waals surface area contributed by atoms with Crippen LogP contribution in [-0.4, -0.2) is 44.6 Å². The van der Waals surface area contributed by atoms with Crippen LogP contribution in [0.5, 0.6) is 0 Å². The van der Waals surface area contributed by atoms with Gasteiger partial charge in [-0.05, 0) is 12.0 Å². The number of benzene rings is 2. The van der Waals surface area contributed by atoms with Crippen LogP contribution >= 0.6 is 0 Å². The molecule has 1 aliphatic heterocycles. The molecule has 148 valence electrons. The van der Waals surface area contributed by atoms with Crippen LogP contribution in [0.2, 0.25) is 0 Å². The van der Waals surface area contributed by atoms with E-state index in [0.717, 1.165) is 24.1 Å². The zero-order valence-corrected chi connectivity index (χ0v) is 16.1. The van der Waals surface area contributed by atoms with E-state index in [1.807, 2.05) is 65.6 Å². The molecular weight excluding hydrogens is 366 g/mol. The second-order valence-electron chi connectivity index (χ2n) is 7.11. The molecule has 2 amide bonds. The van der Waals surface area contributed by atoms with Gasteiger partial charge in [-0.2, -0.15) is 5.10 Å². The molecule has 0 aliphatic carbocycles. The molecule has 3 aromatic rings. The summed E-state index contributed by atoms with van der Waals surface area (Å²) in [5.74, 6) is 0.555. The summed E-state index contributed by atoms with van der Waals surface area (Å²) in [5, 5.41) is 7.45.